The van der Waals surface area contributed by atoms with Crippen molar-refractivity contribution in [1.29, 1.82) is 0 Å². The lowest BCUT2D eigenvalue weighted by molar-refractivity contribution is 0.0696. The van der Waals surface area contributed by atoms with E-state index in [0.717, 1.165) is 24.2 Å². The van der Waals surface area contributed by atoms with Crippen LogP contribution in [-0.4, -0.2) is 48.1 Å². The Labute approximate surface area is 142 Å². The standard InChI is InChI=1S/C19H23FN2O2/c1-21(2)10-11-22(13-15-6-8-18(20)9-7-15)14-16-4-3-5-17(12-16)19(23)24/h3-9,12H,10-11,13-14H2,1-2H3,(H,23,24). The smallest absolute Gasteiger partial charge is 0.335 e. The summed E-state index contributed by atoms with van der Waals surface area (Å²) in [6.07, 6.45) is 0. The van der Waals surface area contributed by atoms with Crippen molar-refractivity contribution in [3.05, 3.63) is 71.0 Å². The zero-order valence-corrected chi connectivity index (χ0v) is 14.1. The van der Waals surface area contributed by atoms with Gasteiger partial charge in [0, 0.05) is 26.2 Å². The first-order chi connectivity index (χ1) is 11.4. The van der Waals surface area contributed by atoms with Crippen LogP contribution in [0.5, 0.6) is 0 Å². The van der Waals surface area contributed by atoms with Crippen LogP contribution in [0.4, 0.5) is 4.39 Å². The number of nitrogens with zero attached hydrogens (tertiary/aromatic N) is 2. The van der Waals surface area contributed by atoms with Crippen molar-refractivity contribution in [2.45, 2.75) is 13.1 Å². The first kappa shape index (κ1) is 18.1. The molecule has 2 rings (SSSR count). The fraction of sp³-hybridized carbons (Fsp3) is 0.316. The molecule has 24 heavy (non-hydrogen) atoms. The summed E-state index contributed by atoms with van der Waals surface area (Å²) < 4.78 is 13.1. The molecule has 0 fully saturated rings. The van der Waals surface area contributed by atoms with Gasteiger partial charge in [0.15, 0.2) is 0 Å². The third-order valence-electron chi connectivity index (χ3n) is 3.76. The van der Waals surface area contributed by atoms with Crippen LogP contribution in [0, 0.1) is 5.82 Å². The molecule has 0 saturated heterocycles. The minimum absolute atomic E-state index is 0.243. The van der Waals surface area contributed by atoms with Gasteiger partial charge < -0.3 is 10.0 Å². The number of carboxylic acid groups (broad SMARTS) is 1. The summed E-state index contributed by atoms with van der Waals surface area (Å²) in [7, 11) is 4.03. The van der Waals surface area contributed by atoms with E-state index in [4.69, 9.17) is 5.11 Å². The number of rotatable bonds is 8. The van der Waals surface area contributed by atoms with Crippen molar-refractivity contribution in [1.82, 2.24) is 9.80 Å². The van der Waals surface area contributed by atoms with E-state index in [1.54, 1.807) is 30.3 Å². The van der Waals surface area contributed by atoms with Crippen LogP contribution < -0.4 is 0 Å². The SMILES string of the molecule is CN(C)CCN(Cc1ccc(F)cc1)Cc1cccc(C(=O)O)c1. The Morgan fingerprint density at radius 1 is 1.00 bits per heavy atom. The number of carbonyl (C=O) groups is 1. The van der Waals surface area contributed by atoms with Gasteiger partial charge in [-0.25, -0.2) is 9.18 Å². The molecule has 0 unspecified atom stereocenters. The van der Waals surface area contributed by atoms with Gasteiger partial charge in [0.1, 0.15) is 5.82 Å². The highest BCUT2D eigenvalue weighted by molar-refractivity contribution is 5.87. The van der Waals surface area contributed by atoms with E-state index in [9.17, 15) is 9.18 Å². The summed E-state index contributed by atoms with van der Waals surface area (Å²) in [6.45, 7) is 3.05. The Hall–Kier alpha value is -2.24. The second kappa shape index (κ2) is 8.57. The van der Waals surface area contributed by atoms with Gasteiger partial charge in [-0.2, -0.15) is 0 Å². The molecule has 0 radical (unpaired) electrons. The largest absolute Gasteiger partial charge is 0.478 e. The fourth-order valence-corrected chi connectivity index (χ4v) is 2.46. The Bertz CT molecular complexity index is 671. The predicted molar refractivity (Wildman–Crippen MR) is 92.5 cm³/mol. The molecule has 128 valence electrons. The average molecular weight is 330 g/mol. The van der Waals surface area contributed by atoms with Gasteiger partial charge in [-0.3, -0.25) is 4.90 Å². The molecule has 0 amide bonds. The maximum atomic E-state index is 13.1. The van der Waals surface area contributed by atoms with Crippen molar-refractivity contribution in [3.63, 3.8) is 0 Å². The maximum Gasteiger partial charge on any atom is 0.335 e. The number of halogens is 1. The van der Waals surface area contributed by atoms with Gasteiger partial charge >= 0.3 is 5.97 Å². The molecule has 0 aliphatic rings. The summed E-state index contributed by atoms with van der Waals surface area (Å²) in [5.74, 6) is -1.16. The summed E-state index contributed by atoms with van der Waals surface area (Å²) in [4.78, 5) is 15.5. The van der Waals surface area contributed by atoms with E-state index in [-0.39, 0.29) is 5.82 Å². The molecule has 0 aliphatic carbocycles. The molecule has 0 aliphatic heterocycles. The molecule has 0 bridgehead atoms. The van der Waals surface area contributed by atoms with Crippen molar-refractivity contribution in [3.8, 4) is 0 Å². The lowest BCUT2D eigenvalue weighted by Gasteiger charge is -2.24. The van der Waals surface area contributed by atoms with Crippen LogP contribution in [0.1, 0.15) is 21.5 Å². The van der Waals surface area contributed by atoms with Crippen LogP contribution in [0.15, 0.2) is 48.5 Å². The second-order valence-electron chi connectivity index (χ2n) is 6.15. The molecule has 5 heteroatoms. The third kappa shape index (κ3) is 5.76. The summed E-state index contributed by atoms with van der Waals surface area (Å²) >= 11 is 0. The van der Waals surface area contributed by atoms with Gasteiger partial charge in [-0.1, -0.05) is 24.3 Å². The van der Waals surface area contributed by atoms with E-state index in [1.807, 2.05) is 20.2 Å². The fourth-order valence-electron chi connectivity index (χ4n) is 2.46. The van der Waals surface area contributed by atoms with E-state index >= 15 is 0 Å². The zero-order chi connectivity index (χ0) is 17.5. The molecule has 0 aromatic heterocycles. The Kier molecular flexibility index (Phi) is 6.46. The minimum atomic E-state index is -0.921. The molecule has 1 N–H and O–H groups in total. The average Bonchev–Trinajstić information content (AvgIpc) is 2.55. The van der Waals surface area contributed by atoms with Crippen LogP contribution in [0.25, 0.3) is 0 Å². The molecule has 2 aromatic rings. The second-order valence-corrected chi connectivity index (χ2v) is 6.15. The summed E-state index contributed by atoms with van der Waals surface area (Å²) in [6, 6.07) is 13.5. The molecular formula is C19H23FN2O2. The van der Waals surface area contributed by atoms with E-state index < -0.39 is 5.97 Å². The van der Waals surface area contributed by atoms with Gasteiger partial charge in [0.2, 0.25) is 0 Å². The highest BCUT2D eigenvalue weighted by Crippen LogP contribution is 2.12. The topological polar surface area (TPSA) is 43.8 Å². The number of carboxylic acids is 1. The number of hydrogen-bond acceptors (Lipinski definition) is 3. The summed E-state index contributed by atoms with van der Waals surface area (Å²) in [5, 5.41) is 9.12. The highest BCUT2D eigenvalue weighted by Gasteiger charge is 2.10. The first-order valence-electron chi connectivity index (χ1n) is 7.88. The Balaban J connectivity index is 2.11. The van der Waals surface area contributed by atoms with Crippen LogP contribution in [-0.2, 0) is 13.1 Å². The van der Waals surface area contributed by atoms with E-state index in [2.05, 4.69) is 9.80 Å². The normalized spacial score (nSPS) is 11.2. The monoisotopic (exact) mass is 330 g/mol. The lowest BCUT2D eigenvalue weighted by Crippen LogP contribution is -2.31. The quantitative estimate of drug-likeness (QED) is 0.808. The minimum Gasteiger partial charge on any atom is -0.478 e. The zero-order valence-electron chi connectivity index (χ0n) is 14.1. The lowest BCUT2D eigenvalue weighted by atomic mass is 10.1. The summed E-state index contributed by atoms with van der Waals surface area (Å²) in [5.41, 5.74) is 2.28. The Morgan fingerprint density at radius 2 is 1.67 bits per heavy atom. The van der Waals surface area contributed by atoms with Gasteiger partial charge in [0.25, 0.3) is 0 Å². The number of hydrogen-bond donors (Lipinski definition) is 1. The first-order valence-corrected chi connectivity index (χ1v) is 7.88. The number of benzene rings is 2. The van der Waals surface area contributed by atoms with Gasteiger partial charge in [0.05, 0.1) is 5.56 Å². The maximum absolute atomic E-state index is 13.1. The van der Waals surface area contributed by atoms with Crippen molar-refractivity contribution in [2.75, 3.05) is 27.2 Å². The number of aromatic carboxylic acids is 1. The van der Waals surface area contributed by atoms with Crippen LogP contribution in [0.2, 0.25) is 0 Å². The predicted octanol–water partition coefficient (Wildman–Crippen LogP) is 3.09. The van der Waals surface area contributed by atoms with E-state index in [0.29, 0.717) is 18.7 Å². The van der Waals surface area contributed by atoms with Gasteiger partial charge in [-0.15, -0.1) is 0 Å². The Morgan fingerprint density at radius 3 is 2.29 bits per heavy atom. The molecule has 2 aromatic carbocycles. The highest BCUT2D eigenvalue weighted by atomic mass is 19.1. The van der Waals surface area contributed by atoms with Crippen LogP contribution >= 0.6 is 0 Å². The van der Waals surface area contributed by atoms with Crippen molar-refractivity contribution >= 4 is 5.97 Å². The molecule has 0 spiro atoms. The molecule has 4 nitrogen and oxygen atoms in total. The third-order valence-corrected chi connectivity index (χ3v) is 3.76. The van der Waals surface area contributed by atoms with Crippen molar-refractivity contribution < 1.29 is 14.3 Å². The van der Waals surface area contributed by atoms with Crippen molar-refractivity contribution in [2.24, 2.45) is 0 Å². The molecule has 0 atom stereocenters. The van der Waals surface area contributed by atoms with Gasteiger partial charge in [-0.05, 0) is 49.5 Å². The molecule has 0 heterocycles. The number of likely N-dealkylation sites (N-methyl/N-ethyl adjacent to an activating group) is 1. The van der Waals surface area contributed by atoms with Crippen LogP contribution in [0.3, 0.4) is 0 Å². The molecule has 0 saturated carbocycles. The molecular weight excluding hydrogens is 307 g/mol. The van der Waals surface area contributed by atoms with E-state index in [1.165, 1.54) is 12.1 Å².